The number of carbonyl (C=O) groups is 1. The van der Waals surface area contributed by atoms with E-state index >= 15 is 0 Å². The van der Waals surface area contributed by atoms with E-state index in [1.165, 1.54) is 0 Å². The van der Waals surface area contributed by atoms with Gasteiger partial charge in [0.25, 0.3) is 0 Å². The maximum absolute atomic E-state index is 12.0. The summed E-state index contributed by atoms with van der Waals surface area (Å²) in [6.07, 6.45) is -0.132. The van der Waals surface area contributed by atoms with Crippen LogP contribution in [0, 0.1) is 0 Å². The molecule has 0 aliphatic rings. The average molecular weight is 280 g/mol. The average Bonchev–Trinajstić information content (AvgIpc) is 2.90. The van der Waals surface area contributed by atoms with Crippen LogP contribution in [0.4, 0.5) is 0 Å². The number of carbonyl (C=O) groups excluding carboxylic acids is 1. The third-order valence-electron chi connectivity index (χ3n) is 3.10. The Morgan fingerprint density at radius 1 is 1.14 bits per heavy atom. The quantitative estimate of drug-likeness (QED) is 0.742. The van der Waals surface area contributed by atoms with E-state index in [1.807, 2.05) is 50.2 Å². The first-order valence-electron chi connectivity index (χ1n) is 6.89. The lowest BCUT2D eigenvalue weighted by Crippen LogP contribution is -2.11. The van der Waals surface area contributed by atoms with Crippen LogP contribution in [0.1, 0.15) is 24.2 Å². The molecule has 4 heteroatoms. The molecule has 0 bridgehead atoms. The zero-order valence-corrected chi connectivity index (χ0v) is 12.0. The standard InChI is InChI=1S/C17H16N2O2/c1-11(2)21-17(20)13-7-5-6-12(10-13)16-18-14-8-3-4-9-15(14)19-16/h3-11H,1-2H3,(H,18,19). The van der Waals surface area contributed by atoms with Crippen LogP contribution < -0.4 is 0 Å². The highest BCUT2D eigenvalue weighted by atomic mass is 16.5. The van der Waals surface area contributed by atoms with Gasteiger partial charge >= 0.3 is 5.97 Å². The monoisotopic (exact) mass is 280 g/mol. The van der Waals surface area contributed by atoms with Crippen LogP contribution in [0.15, 0.2) is 48.5 Å². The first-order chi connectivity index (χ1) is 10.1. The van der Waals surface area contributed by atoms with E-state index in [-0.39, 0.29) is 12.1 Å². The maximum Gasteiger partial charge on any atom is 0.338 e. The second-order valence-corrected chi connectivity index (χ2v) is 5.14. The second-order valence-electron chi connectivity index (χ2n) is 5.14. The molecular formula is C17H16N2O2. The molecule has 0 aliphatic carbocycles. The fourth-order valence-electron chi connectivity index (χ4n) is 2.17. The molecule has 1 N–H and O–H groups in total. The molecule has 106 valence electrons. The maximum atomic E-state index is 12.0. The number of rotatable bonds is 3. The summed E-state index contributed by atoms with van der Waals surface area (Å²) >= 11 is 0. The first kappa shape index (κ1) is 13.4. The predicted octanol–water partition coefficient (Wildman–Crippen LogP) is 3.80. The van der Waals surface area contributed by atoms with Crippen LogP contribution in [0.2, 0.25) is 0 Å². The van der Waals surface area contributed by atoms with Crippen LogP contribution in [0.5, 0.6) is 0 Å². The van der Waals surface area contributed by atoms with Gasteiger partial charge in [0.15, 0.2) is 0 Å². The van der Waals surface area contributed by atoms with Crippen molar-refractivity contribution in [2.24, 2.45) is 0 Å². The van der Waals surface area contributed by atoms with Crippen molar-refractivity contribution in [1.82, 2.24) is 9.97 Å². The Hall–Kier alpha value is -2.62. The third-order valence-corrected chi connectivity index (χ3v) is 3.10. The minimum Gasteiger partial charge on any atom is -0.459 e. The van der Waals surface area contributed by atoms with E-state index in [2.05, 4.69) is 9.97 Å². The Bertz CT molecular complexity index is 757. The van der Waals surface area contributed by atoms with Crippen molar-refractivity contribution in [3.63, 3.8) is 0 Å². The van der Waals surface area contributed by atoms with Crippen molar-refractivity contribution in [3.05, 3.63) is 54.1 Å². The van der Waals surface area contributed by atoms with Gasteiger partial charge in [0, 0.05) is 5.56 Å². The Balaban J connectivity index is 1.97. The van der Waals surface area contributed by atoms with Gasteiger partial charge in [-0.1, -0.05) is 24.3 Å². The van der Waals surface area contributed by atoms with Crippen molar-refractivity contribution in [1.29, 1.82) is 0 Å². The smallest absolute Gasteiger partial charge is 0.338 e. The van der Waals surface area contributed by atoms with E-state index in [0.717, 1.165) is 22.4 Å². The van der Waals surface area contributed by atoms with Crippen LogP contribution in [-0.2, 0) is 4.74 Å². The van der Waals surface area contributed by atoms with Crippen LogP contribution in [0.25, 0.3) is 22.4 Å². The van der Waals surface area contributed by atoms with Gasteiger partial charge in [-0.25, -0.2) is 9.78 Å². The van der Waals surface area contributed by atoms with Crippen molar-refractivity contribution in [2.45, 2.75) is 20.0 Å². The summed E-state index contributed by atoms with van der Waals surface area (Å²) in [6, 6.07) is 15.1. The fraction of sp³-hybridized carbons (Fsp3) is 0.176. The van der Waals surface area contributed by atoms with Crippen molar-refractivity contribution in [2.75, 3.05) is 0 Å². The van der Waals surface area contributed by atoms with Crippen molar-refractivity contribution < 1.29 is 9.53 Å². The molecule has 1 aromatic heterocycles. The SMILES string of the molecule is CC(C)OC(=O)c1cccc(-c2nc3ccccc3[nH]2)c1. The highest BCUT2D eigenvalue weighted by molar-refractivity contribution is 5.91. The molecule has 0 aliphatic heterocycles. The molecule has 0 spiro atoms. The molecule has 0 radical (unpaired) electrons. The lowest BCUT2D eigenvalue weighted by Gasteiger charge is -2.08. The molecule has 0 saturated heterocycles. The summed E-state index contributed by atoms with van der Waals surface area (Å²) in [5.41, 5.74) is 3.27. The second kappa shape index (κ2) is 5.40. The summed E-state index contributed by atoms with van der Waals surface area (Å²) in [5.74, 6) is 0.429. The van der Waals surface area contributed by atoms with Gasteiger partial charge in [0.1, 0.15) is 5.82 Å². The molecule has 0 fully saturated rings. The number of aromatic amines is 1. The Morgan fingerprint density at radius 2 is 1.95 bits per heavy atom. The molecule has 0 unspecified atom stereocenters. The van der Waals surface area contributed by atoms with E-state index in [0.29, 0.717) is 5.56 Å². The fourth-order valence-corrected chi connectivity index (χ4v) is 2.17. The molecule has 1 heterocycles. The van der Waals surface area contributed by atoms with Crippen LogP contribution in [0.3, 0.4) is 0 Å². The predicted molar refractivity (Wildman–Crippen MR) is 82.1 cm³/mol. The highest BCUT2D eigenvalue weighted by Gasteiger charge is 2.11. The number of H-pyrrole nitrogens is 1. The van der Waals surface area contributed by atoms with Gasteiger partial charge in [-0.3, -0.25) is 0 Å². The molecule has 0 atom stereocenters. The normalized spacial score (nSPS) is 11.0. The zero-order chi connectivity index (χ0) is 14.8. The number of ether oxygens (including phenoxy) is 1. The van der Waals surface area contributed by atoms with Crippen LogP contribution >= 0.6 is 0 Å². The summed E-state index contributed by atoms with van der Waals surface area (Å²) in [5, 5.41) is 0. The minimum atomic E-state index is -0.317. The molecule has 3 rings (SSSR count). The van der Waals surface area contributed by atoms with E-state index in [9.17, 15) is 4.79 Å². The molecule has 0 saturated carbocycles. The number of fused-ring (bicyclic) bond motifs is 1. The molecule has 2 aromatic carbocycles. The Labute approximate surface area is 122 Å². The van der Waals surface area contributed by atoms with Crippen molar-refractivity contribution in [3.8, 4) is 11.4 Å². The van der Waals surface area contributed by atoms with E-state index in [4.69, 9.17) is 4.74 Å². The van der Waals surface area contributed by atoms with Gasteiger partial charge in [-0.05, 0) is 38.1 Å². The number of benzene rings is 2. The lowest BCUT2D eigenvalue weighted by atomic mass is 10.1. The number of hydrogen-bond donors (Lipinski definition) is 1. The summed E-state index contributed by atoms with van der Waals surface area (Å²) in [7, 11) is 0. The molecular weight excluding hydrogens is 264 g/mol. The van der Waals surface area contributed by atoms with Crippen LogP contribution in [-0.4, -0.2) is 22.0 Å². The van der Waals surface area contributed by atoms with Gasteiger partial charge < -0.3 is 9.72 Å². The minimum absolute atomic E-state index is 0.132. The molecule has 4 nitrogen and oxygen atoms in total. The van der Waals surface area contributed by atoms with Gasteiger partial charge in [0.05, 0.1) is 22.7 Å². The number of hydrogen-bond acceptors (Lipinski definition) is 3. The number of para-hydroxylation sites is 2. The summed E-state index contributed by atoms with van der Waals surface area (Å²) in [4.78, 5) is 19.8. The molecule has 0 amide bonds. The zero-order valence-electron chi connectivity index (χ0n) is 12.0. The molecule has 3 aromatic rings. The Morgan fingerprint density at radius 3 is 2.71 bits per heavy atom. The molecule has 21 heavy (non-hydrogen) atoms. The highest BCUT2D eigenvalue weighted by Crippen LogP contribution is 2.21. The van der Waals surface area contributed by atoms with E-state index < -0.39 is 0 Å². The number of esters is 1. The third kappa shape index (κ3) is 2.79. The largest absolute Gasteiger partial charge is 0.459 e. The number of nitrogens with one attached hydrogen (secondary N) is 1. The number of nitrogens with zero attached hydrogens (tertiary/aromatic N) is 1. The topological polar surface area (TPSA) is 55.0 Å². The van der Waals surface area contributed by atoms with E-state index in [1.54, 1.807) is 12.1 Å². The lowest BCUT2D eigenvalue weighted by molar-refractivity contribution is 0.0378. The number of imidazole rings is 1. The van der Waals surface area contributed by atoms with Gasteiger partial charge in [-0.15, -0.1) is 0 Å². The summed E-state index contributed by atoms with van der Waals surface area (Å²) < 4.78 is 5.22. The van der Waals surface area contributed by atoms with Crippen molar-refractivity contribution >= 4 is 17.0 Å². The van der Waals surface area contributed by atoms with Gasteiger partial charge in [-0.2, -0.15) is 0 Å². The first-order valence-corrected chi connectivity index (χ1v) is 6.89. The van der Waals surface area contributed by atoms with Gasteiger partial charge in [0.2, 0.25) is 0 Å². The number of aromatic nitrogens is 2. The summed E-state index contributed by atoms with van der Waals surface area (Å²) in [6.45, 7) is 3.67. The Kier molecular flexibility index (Phi) is 3.44.